The maximum Gasteiger partial charge on any atom is 0.221 e. The van der Waals surface area contributed by atoms with Crippen molar-refractivity contribution in [3.8, 4) is 0 Å². The summed E-state index contributed by atoms with van der Waals surface area (Å²) in [5, 5.41) is 0. The van der Waals surface area contributed by atoms with E-state index in [1.807, 2.05) is 6.92 Å². The number of sulfonamides is 1. The van der Waals surface area contributed by atoms with Crippen LogP contribution in [0.15, 0.2) is 0 Å². The minimum absolute atomic E-state index is 0.00403. The molecule has 1 rings (SSSR count). The Hall–Kier alpha value is 0.350. The molecule has 0 aliphatic carbocycles. The summed E-state index contributed by atoms with van der Waals surface area (Å²) in [5.74, 6) is 0. The highest BCUT2D eigenvalue weighted by Gasteiger charge is 2.17. The summed E-state index contributed by atoms with van der Waals surface area (Å²) < 4.78 is 25.0. The van der Waals surface area contributed by atoms with Crippen molar-refractivity contribution in [1.82, 2.24) is 9.62 Å². The van der Waals surface area contributed by atoms with E-state index >= 15 is 0 Å². The lowest BCUT2D eigenvalue weighted by molar-refractivity contribution is 0.313. The largest absolute Gasteiger partial charge is 0.302 e. The molecule has 0 radical (unpaired) electrons. The molecule has 6 heteroatoms. The van der Waals surface area contributed by atoms with E-state index in [2.05, 4.69) is 25.6 Å². The van der Waals surface area contributed by atoms with E-state index < -0.39 is 10.0 Å². The fourth-order valence-corrected chi connectivity index (χ4v) is 2.87. The zero-order valence-corrected chi connectivity index (χ0v) is 10.8. The first kappa shape index (κ1) is 12.4. The predicted octanol–water partition coefficient (Wildman–Crippen LogP) is 0.743. The summed E-state index contributed by atoms with van der Waals surface area (Å²) in [7, 11) is -3.12. The second kappa shape index (κ2) is 5.44. The minimum atomic E-state index is -3.12. The average Bonchev–Trinajstić information content (AvgIpc) is 2.55. The lowest BCUT2D eigenvalue weighted by atomic mass is 10.3. The molecule has 0 spiro atoms. The maximum atomic E-state index is 11.2. The molecule has 0 aromatic rings. The second-order valence-electron chi connectivity index (χ2n) is 3.75. The SMILES string of the molecule is CC(CN1CCCC1)NS(=O)(=O)CBr. The first-order valence-electron chi connectivity index (χ1n) is 4.82. The smallest absolute Gasteiger partial charge is 0.221 e. The van der Waals surface area contributed by atoms with Crippen molar-refractivity contribution in [2.24, 2.45) is 0 Å². The molecule has 0 amide bonds. The van der Waals surface area contributed by atoms with Crippen LogP contribution in [0.5, 0.6) is 0 Å². The van der Waals surface area contributed by atoms with Gasteiger partial charge in [-0.3, -0.25) is 0 Å². The van der Waals surface area contributed by atoms with Crippen LogP contribution in [0.2, 0.25) is 0 Å². The van der Waals surface area contributed by atoms with E-state index in [4.69, 9.17) is 0 Å². The van der Waals surface area contributed by atoms with E-state index in [0.29, 0.717) is 0 Å². The number of alkyl halides is 1. The number of rotatable bonds is 5. The molecule has 0 saturated carbocycles. The molecule has 84 valence electrons. The normalized spacial score (nSPS) is 21.3. The van der Waals surface area contributed by atoms with Gasteiger partial charge in [-0.2, -0.15) is 0 Å². The Morgan fingerprint density at radius 3 is 2.50 bits per heavy atom. The van der Waals surface area contributed by atoms with Gasteiger partial charge in [0, 0.05) is 12.6 Å². The molecule has 1 heterocycles. The highest BCUT2D eigenvalue weighted by molar-refractivity contribution is 9.10. The van der Waals surface area contributed by atoms with Gasteiger partial charge >= 0.3 is 0 Å². The number of hydrogen-bond acceptors (Lipinski definition) is 3. The van der Waals surface area contributed by atoms with Crippen molar-refractivity contribution in [1.29, 1.82) is 0 Å². The molecule has 1 N–H and O–H groups in total. The Kier molecular flexibility index (Phi) is 4.82. The van der Waals surface area contributed by atoms with Gasteiger partial charge in [-0.05, 0) is 32.9 Å². The van der Waals surface area contributed by atoms with E-state index in [0.717, 1.165) is 19.6 Å². The summed E-state index contributed by atoms with van der Waals surface area (Å²) >= 11 is 2.95. The molecule has 1 aliphatic heterocycles. The topological polar surface area (TPSA) is 49.4 Å². The minimum Gasteiger partial charge on any atom is -0.302 e. The van der Waals surface area contributed by atoms with Gasteiger partial charge in [0.2, 0.25) is 10.0 Å². The maximum absolute atomic E-state index is 11.2. The molecular weight excluding hydrogens is 268 g/mol. The molecule has 0 aromatic carbocycles. The van der Waals surface area contributed by atoms with Gasteiger partial charge in [-0.25, -0.2) is 13.1 Å². The molecule has 1 fully saturated rings. The predicted molar refractivity (Wildman–Crippen MR) is 61.0 cm³/mol. The van der Waals surface area contributed by atoms with Gasteiger partial charge in [-0.15, -0.1) is 0 Å². The van der Waals surface area contributed by atoms with Crippen LogP contribution < -0.4 is 4.72 Å². The summed E-state index contributed by atoms with van der Waals surface area (Å²) in [4.78, 5) is 2.29. The molecule has 0 aromatic heterocycles. The summed E-state index contributed by atoms with van der Waals surface area (Å²) in [6.45, 7) is 4.91. The fourth-order valence-electron chi connectivity index (χ4n) is 1.73. The highest BCUT2D eigenvalue weighted by atomic mass is 79.9. The first-order valence-corrected chi connectivity index (χ1v) is 7.59. The Bertz CT molecular complexity index is 263. The molecule has 14 heavy (non-hydrogen) atoms. The van der Waals surface area contributed by atoms with E-state index in [1.165, 1.54) is 12.8 Å². The van der Waals surface area contributed by atoms with Crippen LogP contribution in [0.25, 0.3) is 0 Å². The van der Waals surface area contributed by atoms with Crippen LogP contribution >= 0.6 is 15.9 Å². The molecule has 1 unspecified atom stereocenters. The Balaban J connectivity index is 2.31. The Labute approximate surface area is 94.2 Å². The van der Waals surface area contributed by atoms with Crippen LogP contribution in [0.3, 0.4) is 0 Å². The summed E-state index contributed by atoms with van der Waals surface area (Å²) in [6.07, 6.45) is 2.47. The third-order valence-electron chi connectivity index (χ3n) is 2.26. The van der Waals surface area contributed by atoms with Crippen molar-refractivity contribution >= 4 is 26.0 Å². The molecule has 1 saturated heterocycles. The monoisotopic (exact) mass is 284 g/mol. The van der Waals surface area contributed by atoms with E-state index in [9.17, 15) is 8.42 Å². The van der Waals surface area contributed by atoms with Crippen molar-refractivity contribution in [3.05, 3.63) is 0 Å². The molecule has 1 atom stereocenters. The van der Waals surface area contributed by atoms with E-state index in [1.54, 1.807) is 0 Å². The van der Waals surface area contributed by atoms with Crippen molar-refractivity contribution < 1.29 is 8.42 Å². The third kappa shape index (κ3) is 4.25. The van der Waals surface area contributed by atoms with Gasteiger partial charge in [0.1, 0.15) is 4.66 Å². The summed E-state index contributed by atoms with van der Waals surface area (Å²) in [5.41, 5.74) is 0. The zero-order chi connectivity index (χ0) is 10.6. The molecule has 4 nitrogen and oxygen atoms in total. The fraction of sp³-hybridized carbons (Fsp3) is 1.00. The lowest BCUT2D eigenvalue weighted by Gasteiger charge is -2.20. The molecular formula is C8H17BrN2O2S. The van der Waals surface area contributed by atoms with Crippen LogP contribution in [0.1, 0.15) is 19.8 Å². The zero-order valence-electron chi connectivity index (χ0n) is 8.37. The lowest BCUT2D eigenvalue weighted by Crippen LogP contribution is -2.41. The molecule has 1 aliphatic rings. The van der Waals surface area contributed by atoms with Crippen molar-refractivity contribution in [2.75, 3.05) is 24.3 Å². The highest BCUT2D eigenvalue weighted by Crippen LogP contribution is 2.07. The van der Waals surface area contributed by atoms with Crippen LogP contribution in [0.4, 0.5) is 0 Å². The second-order valence-corrected chi connectivity index (χ2v) is 6.81. The van der Waals surface area contributed by atoms with Crippen molar-refractivity contribution in [3.63, 3.8) is 0 Å². The van der Waals surface area contributed by atoms with Gasteiger partial charge in [-0.1, -0.05) is 15.9 Å². The van der Waals surface area contributed by atoms with Gasteiger partial charge in [0.15, 0.2) is 0 Å². The third-order valence-corrected chi connectivity index (χ3v) is 5.11. The number of halogens is 1. The first-order chi connectivity index (χ1) is 6.53. The number of hydrogen-bond donors (Lipinski definition) is 1. The number of nitrogens with one attached hydrogen (secondary N) is 1. The van der Waals surface area contributed by atoms with Crippen molar-refractivity contribution in [2.45, 2.75) is 25.8 Å². The summed E-state index contributed by atoms with van der Waals surface area (Å²) in [6, 6.07) is -0.00403. The van der Waals surface area contributed by atoms with Crippen LogP contribution in [-0.2, 0) is 10.0 Å². The van der Waals surface area contributed by atoms with E-state index in [-0.39, 0.29) is 10.7 Å². The number of likely N-dealkylation sites (tertiary alicyclic amines) is 1. The standard InChI is InChI=1S/C8H17BrN2O2S/c1-8(10-14(12,13)7-9)6-11-4-2-3-5-11/h8,10H,2-7H2,1H3. The number of nitrogens with zero attached hydrogens (tertiary/aromatic N) is 1. The van der Waals surface area contributed by atoms with Crippen LogP contribution in [0, 0.1) is 0 Å². The quantitative estimate of drug-likeness (QED) is 0.758. The molecule has 0 bridgehead atoms. The van der Waals surface area contributed by atoms with Gasteiger partial charge in [0.25, 0.3) is 0 Å². The van der Waals surface area contributed by atoms with Crippen LogP contribution in [-0.4, -0.2) is 43.7 Å². The Morgan fingerprint density at radius 1 is 1.43 bits per heavy atom. The van der Waals surface area contributed by atoms with Gasteiger partial charge in [0.05, 0.1) is 0 Å². The average molecular weight is 285 g/mol. The van der Waals surface area contributed by atoms with Gasteiger partial charge < -0.3 is 4.90 Å². The Morgan fingerprint density at radius 2 is 2.00 bits per heavy atom.